The Morgan fingerprint density at radius 3 is 2.85 bits per heavy atom. The van der Waals surface area contributed by atoms with Gasteiger partial charge in [-0.2, -0.15) is 0 Å². The number of rotatable bonds is 3. The summed E-state index contributed by atoms with van der Waals surface area (Å²) in [4.78, 5) is 11.4. The highest BCUT2D eigenvalue weighted by Crippen LogP contribution is 2.33. The average Bonchev–Trinajstić information content (AvgIpc) is 2.77. The Balaban J connectivity index is 1.99. The molecule has 20 heavy (non-hydrogen) atoms. The van der Waals surface area contributed by atoms with Crippen LogP contribution in [0.3, 0.4) is 0 Å². The molecule has 1 N–H and O–H groups in total. The lowest BCUT2D eigenvalue weighted by atomic mass is 9.86. The molecular formula is C17H23NO2. The molecule has 0 aliphatic carbocycles. The van der Waals surface area contributed by atoms with Crippen molar-refractivity contribution in [3.05, 3.63) is 41.5 Å². The minimum Gasteiger partial charge on any atom is -0.488 e. The Morgan fingerprint density at radius 1 is 1.45 bits per heavy atom. The Hall–Kier alpha value is -1.77. The molecule has 108 valence electrons. The van der Waals surface area contributed by atoms with E-state index in [4.69, 9.17) is 4.74 Å². The van der Waals surface area contributed by atoms with Crippen molar-refractivity contribution in [2.45, 2.75) is 45.6 Å². The van der Waals surface area contributed by atoms with Crippen molar-refractivity contribution >= 4 is 5.91 Å². The molecule has 0 saturated carbocycles. The first kappa shape index (κ1) is 14.6. The van der Waals surface area contributed by atoms with Gasteiger partial charge >= 0.3 is 0 Å². The lowest BCUT2D eigenvalue weighted by molar-refractivity contribution is -0.116. The molecule has 3 heteroatoms. The summed E-state index contributed by atoms with van der Waals surface area (Å²) in [5.74, 6) is 0.880. The van der Waals surface area contributed by atoms with Crippen LogP contribution in [0.15, 0.2) is 30.4 Å². The van der Waals surface area contributed by atoms with Crippen LogP contribution in [0.1, 0.15) is 38.8 Å². The van der Waals surface area contributed by atoms with Crippen LogP contribution in [0, 0.1) is 0 Å². The van der Waals surface area contributed by atoms with Gasteiger partial charge in [0.15, 0.2) is 0 Å². The maximum absolute atomic E-state index is 11.4. The van der Waals surface area contributed by atoms with Crippen molar-refractivity contribution in [3.8, 4) is 5.75 Å². The fourth-order valence-corrected chi connectivity index (χ4v) is 2.33. The number of carbonyl (C=O) groups excluding carboxylic acids is 1. The van der Waals surface area contributed by atoms with E-state index in [0.717, 1.165) is 12.2 Å². The first-order valence-corrected chi connectivity index (χ1v) is 7.10. The smallest absolute Gasteiger partial charge is 0.243 e. The first-order valence-electron chi connectivity index (χ1n) is 7.10. The van der Waals surface area contributed by atoms with Crippen LogP contribution in [0.4, 0.5) is 0 Å². The van der Waals surface area contributed by atoms with Gasteiger partial charge in [-0.05, 0) is 35.6 Å². The summed E-state index contributed by atoms with van der Waals surface area (Å²) in [6.07, 6.45) is 4.15. The second-order valence-corrected chi connectivity index (χ2v) is 6.26. The quantitative estimate of drug-likeness (QED) is 0.860. The largest absolute Gasteiger partial charge is 0.488 e. The van der Waals surface area contributed by atoms with Gasteiger partial charge in [0, 0.05) is 6.42 Å². The van der Waals surface area contributed by atoms with Gasteiger partial charge in [-0.3, -0.25) is 4.79 Å². The molecule has 0 radical (unpaired) electrons. The van der Waals surface area contributed by atoms with Crippen LogP contribution in [-0.2, 0) is 16.6 Å². The zero-order valence-electron chi connectivity index (χ0n) is 12.7. The second kappa shape index (κ2) is 5.70. The van der Waals surface area contributed by atoms with Crippen LogP contribution in [0.25, 0.3) is 0 Å². The van der Waals surface area contributed by atoms with E-state index in [-0.39, 0.29) is 17.4 Å². The van der Waals surface area contributed by atoms with Gasteiger partial charge in [-0.1, -0.05) is 39.0 Å². The summed E-state index contributed by atoms with van der Waals surface area (Å²) in [6.45, 7) is 9.00. The number of carbonyl (C=O) groups is 1. The maximum atomic E-state index is 11.4. The summed E-state index contributed by atoms with van der Waals surface area (Å²) in [6, 6.07) is 6.40. The lowest BCUT2D eigenvalue weighted by Gasteiger charge is -2.19. The molecule has 0 aromatic heterocycles. The van der Waals surface area contributed by atoms with Crippen LogP contribution >= 0.6 is 0 Å². The van der Waals surface area contributed by atoms with Crippen LogP contribution < -0.4 is 10.1 Å². The van der Waals surface area contributed by atoms with E-state index in [1.807, 2.05) is 13.0 Å². The molecule has 1 aromatic carbocycles. The fourth-order valence-electron chi connectivity index (χ4n) is 2.33. The van der Waals surface area contributed by atoms with E-state index < -0.39 is 0 Å². The summed E-state index contributed by atoms with van der Waals surface area (Å²) < 4.78 is 5.86. The third kappa shape index (κ3) is 3.41. The molecule has 0 bridgehead atoms. The Labute approximate surface area is 121 Å². The van der Waals surface area contributed by atoms with E-state index in [2.05, 4.69) is 38.2 Å². The standard InChI is InChI=1S/C17H23NO2/c1-5-6-16(19)18-11-14-10-12-9-13(17(2,3)4)7-8-15(12)20-14/h5-9,14H,10-11H2,1-4H3,(H,18,19)/b6-5+/t14-/m1/s1. The van der Waals surface area contributed by atoms with Crippen LogP contribution in [-0.4, -0.2) is 18.6 Å². The van der Waals surface area contributed by atoms with Crippen molar-refractivity contribution in [1.29, 1.82) is 0 Å². The van der Waals surface area contributed by atoms with Crippen molar-refractivity contribution in [3.63, 3.8) is 0 Å². The molecule has 3 nitrogen and oxygen atoms in total. The summed E-state index contributed by atoms with van der Waals surface area (Å²) >= 11 is 0. The molecule has 0 saturated heterocycles. The molecular weight excluding hydrogens is 250 g/mol. The number of fused-ring (bicyclic) bond motifs is 1. The average molecular weight is 273 g/mol. The van der Waals surface area contributed by atoms with Gasteiger partial charge in [-0.25, -0.2) is 0 Å². The molecule has 0 fully saturated rings. The highest BCUT2D eigenvalue weighted by molar-refractivity contribution is 5.87. The number of nitrogens with one attached hydrogen (secondary N) is 1. The van der Waals surface area contributed by atoms with E-state index in [1.54, 1.807) is 6.08 Å². The Bertz CT molecular complexity index is 526. The summed E-state index contributed by atoms with van der Waals surface area (Å²) in [7, 11) is 0. The molecule has 1 aliphatic rings. The molecule has 1 heterocycles. The number of ether oxygens (including phenoxy) is 1. The Morgan fingerprint density at radius 2 is 2.20 bits per heavy atom. The van der Waals surface area contributed by atoms with Crippen molar-refractivity contribution < 1.29 is 9.53 Å². The molecule has 1 atom stereocenters. The first-order chi connectivity index (χ1) is 9.40. The predicted octanol–water partition coefficient (Wildman–Crippen LogP) is 2.98. The van der Waals surface area contributed by atoms with E-state index in [0.29, 0.717) is 6.54 Å². The molecule has 2 rings (SSSR count). The number of benzene rings is 1. The normalized spacial score (nSPS) is 17.9. The van der Waals surface area contributed by atoms with Gasteiger partial charge in [0.1, 0.15) is 11.9 Å². The van der Waals surface area contributed by atoms with E-state index >= 15 is 0 Å². The third-order valence-electron chi connectivity index (χ3n) is 3.49. The zero-order chi connectivity index (χ0) is 14.8. The van der Waals surface area contributed by atoms with Gasteiger partial charge in [-0.15, -0.1) is 0 Å². The Kier molecular flexibility index (Phi) is 4.17. The van der Waals surface area contributed by atoms with Gasteiger partial charge < -0.3 is 10.1 Å². The number of hydrogen-bond acceptors (Lipinski definition) is 2. The summed E-state index contributed by atoms with van der Waals surface area (Å²) in [5.41, 5.74) is 2.70. The van der Waals surface area contributed by atoms with Gasteiger partial charge in [0.05, 0.1) is 6.54 Å². The van der Waals surface area contributed by atoms with Crippen LogP contribution in [0.5, 0.6) is 5.75 Å². The molecule has 1 aromatic rings. The molecule has 1 amide bonds. The predicted molar refractivity (Wildman–Crippen MR) is 81.1 cm³/mol. The molecule has 0 unspecified atom stereocenters. The van der Waals surface area contributed by atoms with E-state index in [1.165, 1.54) is 17.2 Å². The lowest BCUT2D eigenvalue weighted by Crippen LogP contribution is -2.33. The highest BCUT2D eigenvalue weighted by Gasteiger charge is 2.25. The maximum Gasteiger partial charge on any atom is 0.243 e. The minimum absolute atomic E-state index is 0.0365. The monoisotopic (exact) mass is 273 g/mol. The van der Waals surface area contributed by atoms with Crippen molar-refractivity contribution in [1.82, 2.24) is 5.32 Å². The number of amides is 1. The topological polar surface area (TPSA) is 38.3 Å². The van der Waals surface area contributed by atoms with Crippen LogP contribution in [0.2, 0.25) is 0 Å². The summed E-state index contributed by atoms with van der Waals surface area (Å²) in [5, 5.41) is 2.85. The van der Waals surface area contributed by atoms with Gasteiger partial charge in [0.25, 0.3) is 0 Å². The number of allylic oxidation sites excluding steroid dienone is 1. The second-order valence-electron chi connectivity index (χ2n) is 6.26. The SMILES string of the molecule is C/C=C/C(=O)NC[C@H]1Cc2cc(C(C)(C)C)ccc2O1. The zero-order valence-corrected chi connectivity index (χ0v) is 12.7. The van der Waals surface area contributed by atoms with Crippen molar-refractivity contribution in [2.24, 2.45) is 0 Å². The van der Waals surface area contributed by atoms with Crippen molar-refractivity contribution in [2.75, 3.05) is 6.54 Å². The number of hydrogen-bond donors (Lipinski definition) is 1. The minimum atomic E-state index is -0.0672. The van der Waals surface area contributed by atoms with E-state index in [9.17, 15) is 4.79 Å². The molecule has 1 aliphatic heterocycles. The fraction of sp³-hybridized carbons (Fsp3) is 0.471. The van der Waals surface area contributed by atoms with Gasteiger partial charge in [0.2, 0.25) is 5.91 Å². The third-order valence-corrected chi connectivity index (χ3v) is 3.49. The molecule has 0 spiro atoms. The highest BCUT2D eigenvalue weighted by atomic mass is 16.5.